The van der Waals surface area contributed by atoms with Crippen molar-refractivity contribution in [1.29, 1.82) is 5.26 Å². The van der Waals surface area contributed by atoms with E-state index in [0.717, 1.165) is 35.6 Å². The molecule has 4 nitrogen and oxygen atoms in total. The fourth-order valence-corrected chi connectivity index (χ4v) is 3.08. The van der Waals surface area contributed by atoms with E-state index in [2.05, 4.69) is 18.1 Å². The van der Waals surface area contributed by atoms with E-state index in [0.29, 0.717) is 11.3 Å². The maximum absolute atomic E-state index is 9.04. The quantitative estimate of drug-likeness (QED) is 0.374. The molecule has 28 heavy (non-hydrogen) atoms. The highest BCUT2D eigenvalue weighted by molar-refractivity contribution is 5.67. The first kappa shape index (κ1) is 19.7. The van der Waals surface area contributed by atoms with Crippen LogP contribution in [0.3, 0.4) is 0 Å². The van der Waals surface area contributed by atoms with Crippen LogP contribution in [0.5, 0.6) is 5.75 Å². The summed E-state index contributed by atoms with van der Waals surface area (Å²) in [6.07, 6.45) is 7.55. The minimum Gasteiger partial charge on any atom is -0.494 e. The SMILES string of the molecule is CCCCCCCCOc1ccc(-c2cc(-c3cccc(C#N)c3)on2)cc1. The summed E-state index contributed by atoms with van der Waals surface area (Å²) in [6, 6.07) is 19.3. The van der Waals surface area contributed by atoms with Gasteiger partial charge in [-0.15, -0.1) is 0 Å². The molecule has 0 aliphatic heterocycles. The number of rotatable bonds is 10. The number of nitrogens with zero attached hydrogens (tertiary/aromatic N) is 2. The maximum Gasteiger partial charge on any atom is 0.167 e. The molecule has 3 rings (SSSR count). The van der Waals surface area contributed by atoms with Crippen LogP contribution in [-0.4, -0.2) is 11.8 Å². The normalized spacial score (nSPS) is 10.6. The van der Waals surface area contributed by atoms with Gasteiger partial charge in [0, 0.05) is 17.2 Å². The summed E-state index contributed by atoms with van der Waals surface area (Å²) < 4.78 is 11.3. The highest BCUT2D eigenvalue weighted by atomic mass is 16.5. The van der Waals surface area contributed by atoms with Crippen LogP contribution in [0.15, 0.2) is 59.1 Å². The molecule has 0 aliphatic carbocycles. The average molecular weight is 374 g/mol. The van der Waals surface area contributed by atoms with E-state index in [4.69, 9.17) is 14.5 Å². The standard InChI is InChI=1S/C24H26N2O2/c1-2-3-4-5-6-7-15-27-22-13-11-20(12-14-22)23-17-24(28-26-23)21-10-8-9-19(16-21)18-25/h8-14,16-17H,2-7,15H2,1H3. The molecule has 2 aromatic carbocycles. The summed E-state index contributed by atoms with van der Waals surface area (Å²) in [5.41, 5.74) is 3.18. The molecular formula is C24H26N2O2. The number of benzene rings is 2. The molecule has 0 amide bonds. The zero-order valence-corrected chi connectivity index (χ0v) is 16.4. The van der Waals surface area contributed by atoms with Crippen molar-refractivity contribution in [1.82, 2.24) is 5.16 Å². The topological polar surface area (TPSA) is 59.0 Å². The van der Waals surface area contributed by atoms with E-state index in [1.807, 2.05) is 42.5 Å². The predicted octanol–water partition coefficient (Wildman–Crippen LogP) is 6.62. The molecule has 1 heterocycles. The highest BCUT2D eigenvalue weighted by Gasteiger charge is 2.09. The van der Waals surface area contributed by atoms with Crippen LogP contribution >= 0.6 is 0 Å². The van der Waals surface area contributed by atoms with Crippen LogP contribution < -0.4 is 4.74 Å². The second-order valence-electron chi connectivity index (χ2n) is 6.91. The lowest BCUT2D eigenvalue weighted by molar-refractivity contribution is 0.304. The van der Waals surface area contributed by atoms with Crippen LogP contribution in [0.25, 0.3) is 22.6 Å². The van der Waals surface area contributed by atoms with Gasteiger partial charge in [0.15, 0.2) is 5.76 Å². The Bertz CT molecular complexity index is 907. The number of ether oxygens (including phenoxy) is 1. The predicted molar refractivity (Wildman–Crippen MR) is 111 cm³/mol. The van der Waals surface area contributed by atoms with E-state index < -0.39 is 0 Å². The number of aromatic nitrogens is 1. The Hall–Kier alpha value is -3.06. The second-order valence-corrected chi connectivity index (χ2v) is 6.91. The van der Waals surface area contributed by atoms with Crippen molar-refractivity contribution in [2.75, 3.05) is 6.61 Å². The fourth-order valence-electron chi connectivity index (χ4n) is 3.08. The summed E-state index contributed by atoms with van der Waals surface area (Å²) >= 11 is 0. The number of unbranched alkanes of at least 4 members (excludes halogenated alkanes) is 5. The lowest BCUT2D eigenvalue weighted by Gasteiger charge is -2.06. The van der Waals surface area contributed by atoms with Gasteiger partial charge in [-0.25, -0.2) is 0 Å². The van der Waals surface area contributed by atoms with Crippen LogP contribution in [0, 0.1) is 11.3 Å². The van der Waals surface area contributed by atoms with E-state index in [9.17, 15) is 0 Å². The molecule has 3 aromatic rings. The summed E-state index contributed by atoms with van der Waals surface area (Å²) in [6.45, 7) is 2.99. The van der Waals surface area contributed by atoms with Crippen molar-refractivity contribution >= 4 is 0 Å². The summed E-state index contributed by atoms with van der Waals surface area (Å²) in [5.74, 6) is 1.53. The smallest absolute Gasteiger partial charge is 0.167 e. The van der Waals surface area contributed by atoms with Gasteiger partial charge >= 0.3 is 0 Å². The summed E-state index contributed by atoms with van der Waals surface area (Å²) in [5, 5.41) is 13.2. The Balaban J connectivity index is 1.54. The largest absolute Gasteiger partial charge is 0.494 e. The number of nitriles is 1. The Morgan fingerprint density at radius 2 is 1.71 bits per heavy atom. The van der Waals surface area contributed by atoms with Gasteiger partial charge in [-0.1, -0.05) is 56.3 Å². The van der Waals surface area contributed by atoms with Crippen molar-refractivity contribution in [3.05, 3.63) is 60.2 Å². The van der Waals surface area contributed by atoms with Gasteiger partial charge in [-0.2, -0.15) is 5.26 Å². The van der Waals surface area contributed by atoms with Crippen LogP contribution in [0.4, 0.5) is 0 Å². The molecule has 0 spiro atoms. The summed E-state index contributed by atoms with van der Waals surface area (Å²) in [4.78, 5) is 0. The minimum absolute atomic E-state index is 0.599. The van der Waals surface area contributed by atoms with Gasteiger partial charge in [0.25, 0.3) is 0 Å². The third-order valence-corrected chi connectivity index (χ3v) is 4.70. The van der Waals surface area contributed by atoms with E-state index in [1.54, 1.807) is 12.1 Å². The molecule has 4 heteroatoms. The van der Waals surface area contributed by atoms with Crippen molar-refractivity contribution in [2.24, 2.45) is 0 Å². The maximum atomic E-state index is 9.04. The molecule has 0 saturated heterocycles. The van der Waals surface area contributed by atoms with E-state index >= 15 is 0 Å². The molecule has 144 valence electrons. The average Bonchev–Trinajstić information content (AvgIpc) is 3.24. The zero-order valence-electron chi connectivity index (χ0n) is 16.4. The summed E-state index contributed by atoms with van der Waals surface area (Å²) in [7, 11) is 0. The minimum atomic E-state index is 0.599. The molecule has 0 radical (unpaired) electrons. The van der Waals surface area contributed by atoms with Crippen molar-refractivity contribution in [2.45, 2.75) is 45.4 Å². The Labute approximate surface area is 166 Å². The Kier molecular flexibility index (Phi) is 7.26. The molecule has 0 aliphatic rings. The molecule has 0 bridgehead atoms. The molecule has 0 atom stereocenters. The van der Waals surface area contributed by atoms with Crippen molar-refractivity contribution < 1.29 is 9.26 Å². The first-order chi connectivity index (χ1) is 13.8. The first-order valence-electron chi connectivity index (χ1n) is 10.0. The van der Waals surface area contributed by atoms with Gasteiger partial charge in [-0.3, -0.25) is 0 Å². The van der Waals surface area contributed by atoms with Gasteiger partial charge in [0.1, 0.15) is 11.4 Å². The Morgan fingerprint density at radius 1 is 0.929 bits per heavy atom. The van der Waals surface area contributed by atoms with Gasteiger partial charge in [0.05, 0.1) is 18.2 Å². The Morgan fingerprint density at radius 3 is 2.50 bits per heavy atom. The third kappa shape index (κ3) is 5.47. The third-order valence-electron chi connectivity index (χ3n) is 4.70. The fraction of sp³-hybridized carbons (Fsp3) is 0.333. The van der Waals surface area contributed by atoms with Crippen LogP contribution in [0.1, 0.15) is 51.0 Å². The lowest BCUT2D eigenvalue weighted by Crippen LogP contribution is -1.97. The number of hydrogen-bond acceptors (Lipinski definition) is 4. The van der Waals surface area contributed by atoms with E-state index in [-0.39, 0.29) is 0 Å². The van der Waals surface area contributed by atoms with Gasteiger partial charge < -0.3 is 9.26 Å². The second kappa shape index (κ2) is 10.3. The molecule has 0 N–H and O–H groups in total. The molecule has 0 saturated carbocycles. The molecule has 1 aromatic heterocycles. The van der Waals surface area contributed by atoms with Gasteiger partial charge in [-0.05, 0) is 42.8 Å². The van der Waals surface area contributed by atoms with Crippen molar-refractivity contribution in [3.8, 4) is 34.4 Å². The first-order valence-corrected chi connectivity index (χ1v) is 10.0. The monoisotopic (exact) mass is 374 g/mol. The lowest BCUT2D eigenvalue weighted by atomic mass is 10.1. The van der Waals surface area contributed by atoms with Gasteiger partial charge in [0.2, 0.25) is 0 Å². The van der Waals surface area contributed by atoms with E-state index in [1.165, 1.54) is 32.1 Å². The zero-order chi connectivity index (χ0) is 19.6. The molecule has 0 unspecified atom stereocenters. The number of hydrogen-bond donors (Lipinski definition) is 0. The van der Waals surface area contributed by atoms with Crippen LogP contribution in [0.2, 0.25) is 0 Å². The van der Waals surface area contributed by atoms with Crippen molar-refractivity contribution in [3.63, 3.8) is 0 Å². The molecular weight excluding hydrogens is 348 g/mol. The van der Waals surface area contributed by atoms with Crippen LogP contribution in [-0.2, 0) is 0 Å². The molecule has 0 fully saturated rings. The highest BCUT2D eigenvalue weighted by Crippen LogP contribution is 2.27.